The molecule has 0 aliphatic carbocycles. The van der Waals surface area contributed by atoms with Crippen LogP contribution in [0, 0.1) is 0 Å². The van der Waals surface area contributed by atoms with Crippen LogP contribution in [0.4, 0.5) is 13.2 Å². The van der Waals surface area contributed by atoms with E-state index >= 15 is 0 Å². The Balaban J connectivity index is 0.00000196. The van der Waals surface area contributed by atoms with E-state index in [4.69, 9.17) is 28.9 Å². The van der Waals surface area contributed by atoms with Gasteiger partial charge in [0.2, 0.25) is 0 Å². The normalized spacial score (nSPS) is 13.2. The number of alkyl halides is 3. The Hall–Kier alpha value is -0.230. The van der Waals surface area contributed by atoms with Gasteiger partial charge >= 0.3 is 6.18 Å². The standard InChI is InChI=1S/C7H5Cl2F3N2.ClH/c8-3-1-14-2-4(9)5(3)6(13)7(10,11)12;/h1-2,6H,13H2;1H/t6-;/m1./s1. The molecule has 86 valence electrons. The van der Waals surface area contributed by atoms with Crippen molar-refractivity contribution in [3.63, 3.8) is 0 Å². The molecule has 0 aliphatic heterocycles. The molecule has 0 fully saturated rings. The third kappa shape index (κ3) is 3.38. The van der Waals surface area contributed by atoms with Gasteiger partial charge in [0, 0.05) is 18.0 Å². The van der Waals surface area contributed by atoms with Crippen LogP contribution in [0.3, 0.4) is 0 Å². The second-order valence-corrected chi connectivity index (χ2v) is 3.35. The molecule has 1 heterocycles. The third-order valence-electron chi connectivity index (χ3n) is 1.55. The Bertz CT molecular complexity index is 322. The van der Waals surface area contributed by atoms with E-state index in [1.807, 2.05) is 0 Å². The smallest absolute Gasteiger partial charge is 0.316 e. The van der Waals surface area contributed by atoms with Crippen molar-refractivity contribution < 1.29 is 13.2 Å². The molecular weight excluding hydrogens is 275 g/mol. The lowest BCUT2D eigenvalue weighted by atomic mass is 10.1. The van der Waals surface area contributed by atoms with Crippen LogP contribution < -0.4 is 5.73 Å². The molecule has 0 radical (unpaired) electrons. The minimum Gasteiger partial charge on any atom is -0.316 e. The van der Waals surface area contributed by atoms with Gasteiger partial charge in [-0.15, -0.1) is 12.4 Å². The van der Waals surface area contributed by atoms with Gasteiger partial charge in [0.25, 0.3) is 0 Å². The van der Waals surface area contributed by atoms with Crippen molar-refractivity contribution in [2.75, 3.05) is 0 Å². The molecule has 1 aromatic heterocycles. The highest BCUT2D eigenvalue weighted by Crippen LogP contribution is 2.37. The van der Waals surface area contributed by atoms with Gasteiger partial charge in [0.1, 0.15) is 6.04 Å². The van der Waals surface area contributed by atoms with Crippen LogP contribution >= 0.6 is 35.6 Å². The summed E-state index contributed by atoms with van der Waals surface area (Å²) in [7, 11) is 0. The zero-order valence-electron chi connectivity index (χ0n) is 7.05. The van der Waals surface area contributed by atoms with Gasteiger partial charge in [-0.2, -0.15) is 13.2 Å². The van der Waals surface area contributed by atoms with E-state index < -0.39 is 12.2 Å². The minimum atomic E-state index is -4.57. The fourth-order valence-electron chi connectivity index (χ4n) is 0.882. The summed E-state index contributed by atoms with van der Waals surface area (Å²) in [4.78, 5) is 3.52. The fourth-order valence-corrected chi connectivity index (χ4v) is 1.48. The van der Waals surface area contributed by atoms with Crippen LogP contribution in [0.15, 0.2) is 12.4 Å². The quantitative estimate of drug-likeness (QED) is 0.857. The average Bonchev–Trinajstić information content (AvgIpc) is 2.01. The first-order valence-electron chi connectivity index (χ1n) is 3.45. The summed E-state index contributed by atoms with van der Waals surface area (Å²) in [6.45, 7) is 0. The number of nitrogens with zero attached hydrogens (tertiary/aromatic N) is 1. The molecule has 2 N–H and O–H groups in total. The van der Waals surface area contributed by atoms with Gasteiger partial charge < -0.3 is 5.73 Å². The number of hydrogen-bond acceptors (Lipinski definition) is 2. The van der Waals surface area contributed by atoms with Crippen molar-refractivity contribution in [1.29, 1.82) is 0 Å². The molecular formula is C7H6Cl3F3N2. The van der Waals surface area contributed by atoms with E-state index in [9.17, 15) is 13.2 Å². The number of halogens is 6. The molecule has 0 amide bonds. The molecule has 0 bridgehead atoms. The summed E-state index contributed by atoms with van der Waals surface area (Å²) < 4.78 is 36.7. The molecule has 15 heavy (non-hydrogen) atoms. The number of aromatic nitrogens is 1. The highest BCUT2D eigenvalue weighted by atomic mass is 35.5. The molecule has 0 aliphatic rings. The van der Waals surface area contributed by atoms with Gasteiger partial charge in [0.15, 0.2) is 0 Å². The highest BCUT2D eigenvalue weighted by Gasteiger charge is 2.40. The molecule has 0 saturated carbocycles. The molecule has 0 spiro atoms. The monoisotopic (exact) mass is 280 g/mol. The highest BCUT2D eigenvalue weighted by molar-refractivity contribution is 6.35. The van der Waals surface area contributed by atoms with E-state index in [0.29, 0.717) is 0 Å². The summed E-state index contributed by atoms with van der Waals surface area (Å²) in [6, 6.07) is -2.19. The van der Waals surface area contributed by atoms with Crippen LogP contribution in [0.25, 0.3) is 0 Å². The predicted octanol–water partition coefficient (Wildman–Crippen LogP) is 3.37. The number of hydrogen-bond donors (Lipinski definition) is 1. The zero-order chi connectivity index (χ0) is 10.9. The summed E-state index contributed by atoms with van der Waals surface area (Å²) in [5.41, 5.74) is 4.60. The van der Waals surface area contributed by atoms with Crippen molar-refractivity contribution in [2.45, 2.75) is 12.2 Å². The summed E-state index contributed by atoms with van der Waals surface area (Å²) in [5, 5.41) is -0.385. The molecule has 0 aromatic carbocycles. The number of rotatable bonds is 1. The van der Waals surface area contributed by atoms with Gasteiger partial charge in [-0.1, -0.05) is 23.2 Å². The Kier molecular flexibility index (Phi) is 5.13. The maximum absolute atomic E-state index is 12.2. The maximum Gasteiger partial charge on any atom is 0.407 e. The van der Waals surface area contributed by atoms with E-state index in [-0.39, 0.29) is 28.0 Å². The van der Waals surface area contributed by atoms with E-state index in [2.05, 4.69) is 4.98 Å². The second kappa shape index (κ2) is 5.21. The van der Waals surface area contributed by atoms with Gasteiger partial charge in [-0.25, -0.2) is 0 Å². The van der Waals surface area contributed by atoms with E-state index in [1.54, 1.807) is 0 Å². The second-order valence-electron chi connectivity index (χ2n) is 2.54. The molecule has 0 saturated heterocycles. The van der Waals surface area contributed by atoms with Crippen molar-refractivity contribution in [3.05, 3.63) is 28.0 Å². The topological polar surface area (TPSA) is 38.9 Å². The lowest BCUT2D eigenvalue weighted by molar-refractivity contribution is -0.149. The Labute approximate surface area is 100.0 Å². The van der Waals surface area contributed by atoms with Gasteiger partial charge in [0.05, 0.1) is 10.0 Å². The molecule has 2 nitrogen and oxygen atoms in total. The summed E-state index contributed by atoms with van der Waals surface area (Å²) >= 11 is 11.0. The largest absolute Gasteiger partial charge is 0.407 e. The molecule has 1 rings (SSSR count). The SMILES string of the molecule is Cl.N[C@H](c1c(Cl)cncc1Cl)C(F)(F)F. The minimum absolute atomic E-state index is 0. The van der Waals surface area contributed by atoms with E-state index in [0.717, 1.165) is 12.4 Å². The van der Waals surface area contributed by atoms with Crippen molar-refractivity contribution >= 4 is 35.6 Å². The van der Waals surface area contributed by atoms with Crippen molar-refractivity contribution in [2.24, 2.45) is 5.73 Å². The first kappa shape index (κ1) is 14.8. The molecule has 1 atom stereocenters. The summed E-state index contributed by atoms with van der Waals surface area (Å²) in [6.07, 6.45) is -2.45. The third-order valence-corrected chi connectivity index (χ3v) is 2.16. The first-order valence-corrected chi connectivity index (χ1v) is 4.21. The molecule has 1 aromatic rings. The lowest BCUT2D eigenvalue weighted by Gasteiger charge is -2.17. The number of nitrogens with two attached hydrogens (primary N) is 1. The lowest BCUT2D eigenvalue weighted by Crippen LogP contribution is -2.29. The van der Waals surface area contributed by atoms with Crippen molar-refractivity contribution in [1.82, 2.24) is 4.98 Å². The maximum atomic E-state index is 12.2. The van der Waals surface area contributed by atoms with Gasteiger partial charge in [-0.3, -0.25) is 4.98 Å². The van der Waals surface area contributed by atoms with Crippen LogP contribution in [-0.2, 0) is 0 Å². The van der Waals surface area contributed by atoms with Crippen LogP contribution in [0.5, 0.6) is 0 Å². The average molecular weight is 281 g/mol. The summed E-state index contributed by atoms with van der Waals surface area (Å²) in [5.74, 6) is 0. The Morgan fingerprint density at radius 3 is 1.93 bits per heavy atom. The first-order chi connectivity index (χ1) is 6.34. The van der Waals surface area contributed by atoms with Crippen LogP contribution in [0.2, 0.25) is 10.0 Å². The fraction of sp³-hybridized carbons (Fsp3) is 0.286. The molecule has 8 heteroatoms. The van der Waals surface area contributed by atoms with Gasteiger partial charge in [-0.05, 0) is 0 Å². The van der Waals surface area contributed by atoms with E-state index in [1.165, 1.54) is 0 Å². The van der Waals surface area contributed by atoms with Crippen LogP contribution in [-0.4, -0.2) is 11.2 Å². The predicted molar refractivity (Wildman–Crippen MR) is 54.5 cm³/mol. The van der Waals surface area contributed by atoms with Crippen molar-refractivity contribution in [3.8, 4) is 0 Å². The molecule has 0 unspecified atom stereocenters. The number of pyridine rings is 1. The van der Waals surface area contributed by atoms with Crippen LogP contribution in [0.1, 0.15) is 11.6 Å². The Morgan fingerprint density at radius 1 is 1.20 bits per heavy atom. The zero-order valence-corrected chi connectivity index (χ0v) is 9.38. The Morgan fingerprint density at radius 2 is 1.60 bits per heavy atom.